The van der Waals surface area contributed by atoms with Gasteiger partial charge in [-0.15, -0.1) is 11.3 Å². The van der Waals surface area contributed by atoms with E-state index in [1.807, 2.05) is 47.8 Å². The molecule has 6 rings (SSSR count). The van der Waals surface area contributed by atoms with Crippen molar-refractivity contribution in [1.82, 2.24) is 20.1 Å². The first kappa shape index (κ1) is 26.0. The Hall–Kier alpha value is -3.27. The molecular formula is C30H34N4O4S. The monoisotopic (exact) mass is 546 g/mol. The van der Waals surface area contributed by atoms with Gasteiger partial charge >= 0.3 is 0 Å². The number of likely N-dealkylation sites (tertiary alicyclic amines) is 1. The zero-order valence-corrected chi connectivity index (χ0v) is 23.0. The number of hydrogen-bond donors (Lipinski definition) is 1. The van der Waals surface area contributed by atoms with Gasteiger partial charge in [-0.3, -0.25) is 14.5 Å². The molecule has 1 saturated carbocycles. The van der Waals surface area contributed by atoms with Crippen LogP contribution in [0.1, 0.15) is 52.8 Å². The van der Waals surface area contributed by atoms with Crippen LogP contribution < -0.4 is 10.1 Å². The highest BCUT2D eigenvalue weighted by Gasteiger charge is 2.39. The Balaban J connectivity index is 1.24. The Morgan fingerprint density at radius 3 is 2.62 bits per heavy atom. The van der Waals surface area contributed by atoms with Gasteiger partial charge in [0.25, 0.3) is 5.91 Å². The summed E-state index contributed by atoms with van der Waals surface area (Å²) in [6.07, 6.45) is 3.73. The standard InChI is InChI=1S/C30H34N4O4S/c1-2-5-29-32-26(19-39-29)30(36)34-15-25-27(16-34)37-18-21-7-4-9-24(13-21)38-23-8-3-6-20(12-23)14-33(22-10-11-22)17-28(35)31-25/h3-4,6-9,12-13,19,22,25,27H,2,5,10-11,14-18H2,1H3,(H,31,35)/t25-,27-/m0/s1. The van der Waals surface area contributed by atoms with Gasteiger partial charge in [-0.1, -0.05) is 31.2 Å². The number of amides is 2. The number of carbonyl (C=O) groups is 2. The predicted octanol–water partition coefficient (Wildman–Crippen LogP) is 4.39. The lowest BCUT2D eigenvalue weighted by molar-refractivity contribution is -0.124. The number of nitrogens with zero attached hydrogens (tertiary/aromatic N) is 3. The molecule has 3 aliphatic rings. The fourth-order valence-electron chi connectivity index (χ4n) is 5.32. The number of nitrogens with one attached hydrogen (secondary N) is 1. The molecule has 2 fully saturated rings. The second kappa shape index (κ2) is 11.5. The van der Waals surface area contributed by atoms with Crippen LogP contribution >= 0.6 is 11.3 Å². The largest absolute Gasteiger partial charge is 0.457 e. The van der Waals surface area contributed by atoms with Crippen molar-refractivity contribution in [2.75, 3.05) is 19.6 Å². The second-order valence-electron chi connectivity index (χ2n) is 10.6. The molecule has 1 aliphatic carbocycles. The Bertz CT molecular complexity index is 1340. The summed E-state index contributed by atoms with van der Waals surface area (Å²) >= 11 is 1.53. The molecular weight excluding hydrogens is 512 g/mol. The maximum Gasteiger partial charge on any atom is 0.273 e. The molecule has 3 aromatic rings. The van der Waals surface area contributed by atoms with Gasteiger partial charge in [0.15, 0.2) is 0 Å². The molecule has 2 aliphatic heterocycles. The molecule has 9 heteroatoms. The first-order chi connectivity index (χ1) is 19.0. The third kappa shape index (κ3) is 6.32. The molecule has 1 saturated heterocycles. The minimum Gasteiger partial charge on any atom is -0.457 e. The summed E-state index contributed by atoms with van der Waals surface area (Å²) in [5.41, 5.74) is 2.55. The molecule has 1 N–H and O–H groups in total. The van der Waals surface area contributed by atoms with Gasteiger partial charge < -0.3 is 19.7 Å². The lowest BCUT2D eigenvalue weighted by Gasteiger charge is -2.25. The van der Waals surface area contributed by atoms with Gasteiger partial charge in [0, 0.05) is 31.1 Å². The number of carbonyl (C=O) groups excluding carboxylic acids is 2. The number of fused-ring (bicyclic) bond motifs is 5. The summed E-state index contributed by atoms with van der Waals surface area (Å²) in [5, 5.41) is 6.02. The van der Waals surface area contributed by atoms with E-state index in [-0.39, 0.29) is 24.0 Å². The Morgan fingerprint density at radius 2 is 1.85 bits per heavy atom. The van der Waals surface area contributed by atoms with E-state index in [4.69, 9.17) is 9.47 Å². The van der Waals surface area contributed by atoms with Crippen molar-refractivity contribution < 1.29 is 19.1 Å². The number of benzene rings is 2. The number of hydrogen-bond acceptors (Lipinski definition) is 7. The van der Waals surface area contributed by atoms with Crippen LogP contribution in [0.4, 0.5) is 0 Å². The van der Waals surface area contributed by atoms with Gasteiger partial charge in [0.2, 0.25) is 5.91 Å². The van der Waals surface area contributed by atoms with Gasteiger partial charge in [-0.25, -0.2) is 4.98 Å². The van der Waals surface area contributed by atoms with Crippen LogP contribution in [0.15, 0.2) is 53.9 Å². The minimum absolute atomic E-state index is 0.0461. The van der Waals surface area contributed by atoms with Crippen molar-refractivity contribution in [2.24, 2.45) is 0 Å². The predicted molar refractivity (Wildman–Crippen MR) is 149 cm³/mol. The number of aromatic nitrogens is 1. The van der Waals surface area contributed by atoms with E-state index in [0.717, 1.165) is 53.3 Å². The first-order valence-electron chi connectivity index (χ1n) is 13.8. The smallest absolute Gasteiger partial charge is 0.273 e. The number of thiazole rings is 1. The van der Waals surface area contributed by atoms with Crippen LogP contribution in [0.3, 0.4) is 0 Å². The molecule has 0 unspecified atom stereocenters. The summed E-state index contributed by atoms with van der Waals surface area (Å²) in [4.78, 5) is 35.2. The van der Waals surface area contributed by atoms with Gasteiger partial charge in [-0.05, 0) is 61.1 Å². The van der Waals surface area contributed by atoms with Crippen molar-refractivity contribution in [1.29, 1.82) is 0 Å². The van der Waals surface area contributed by atoms with E-state index < -0.39 is 0 Å². The van der Waals surface area contributed by atoms with Crippen molar-refractivity contribution >= 4 is 23.2 Å². The van der Waals surface area contributed by atoms with Gasteiger partial charge in [0.1, 0.15) is 17.2 Å². The van der Waals surface area contributed by atoms with Crippen LogP contribution in [0.25, 0.3) is 0 Å². The number of ether oxygens (including phenoxy) is 2. The fourth-order valence-corrected chi connectivity index (χ4v) is 6.19. The average Bonchev–Trinajstić information content (AvgIpc) is 3.54. The van der Waals surface area contributed by atoms with E-state index in [9.17, 15) is 9.59 Å². The zero-order chi connectivity index (χ0) is 26.8. The Labute approximate surface area is 232 Å². The third-order valence-electron chi connectivity index (χ3n) is 7.43. The molecule has 0 radical (unpaired) electrons. The van der Waals surface area contributed by atoms with Crippen LogP contribution in [0.2, 0.25) is 0 Å². The maximum atomic E-state index is 13.3. The van der Waals surface area contributed by atoms with Crippen LogP contribution in [0, 0.1) is 0 Å². The van der Waals surface area contributed by atoms with Crippen molar-refractivity contribution in [3.8, 4) is 11.5 Å². The fraction of sp³-hybridized carbons (Fsp3) is 0.433. The maximum absolute atomic E-state index is 13.3. The minimum atomic E-state index is -0.328. The quantitative estimate of drug-likeness (QED) is 0.523. The molecule has 0 spiro atoms. The molecule has 3 heterocycles. The van der Waals surface area contributed by atoms with E-state index in [0.29, 0.717) is 44.5 Å². The first-order valence-corrected chi connectivity index (χ1v) is 14.7. The lowest BCUT2D eigenvalue weighted by Crippen LogP contribution is -2.48. The molecule has 8 nitrogen and oxygen atoms in total. The van der Waals surface area contributed by atoms with Crippen LogP contribution in [-0.2, 0) is 29.1 Å². The summed E-state index contributed by atoms with van der Waals surface area (Å²) in [7, 11) is 0. The Morgan fingerprint density at radius 1 is 1.08 bits per heavy atom. The van der Waals surface area contributed by atoms with Crippen molar-refractivity contribution in [2.45, 2.75) is 63.9 Å². The highest BCUT2D eigenvalue weighted by Crippen LogP contribution is 2.30. The summed E-state index contributed by atoms with van der Waals surface area (Å²) in [6, 6.07) is 16.0. The second-order valence-corrected chi connectivity index (χ2v) is 11.6. The topological polar surface area (TPSA) is 84.0 Å². The molecule has 2 atom stereocenters. The zero-order valence-electron chi connectivity index (χ0n) is 22.2. The van der Waals surface area contributed by atoms with Gasteiger partial charge in [-0.2, -0.15) is 0 Å². The molecule has 204 valence electrons. The van der Waals surface area contributed by atoms with E-state index in [2.05, 4.69) is 28.2 Å². The third-order valence-corrected chi connectivity index (χ3v) is 8.34. The summed E-state index contributed by atoms with van der Waals surface area (Å²) in [6.45, 7) is 4.23. The van der Waals surface area contributed by atoms with E-state index in [1.54, 1.807) is 4.90 Å². The van der Waals surface area contributed by atoms with Crippen molar-refractivity contribution in [3.63, 3.8) is 0 Å². The molecule has 2 aromatic carbocycles. The SMILES string of the molecule is CCCc1nc(C(=O)N2C[C@@H]3NC(=O)CN(C4CC4)Cc4cccc(c4)Oc4cccc(c4)CO[C@H]3C2)cs1. The summed E-state index contributed by atoms with van der Waals surface area (Å²) < 4.78 is 12.5. The van der Waals surface area contributed by atoms with E-state index in [1.165, 1.54) is 11.3 Å². The molecule has 1 aromatic heterocycles. The van der Waals surface area contributed by atoms with Crippen molar-refractivity contribution in [3.05, 3.63) is 75.7 Å². The van der Waals surface area contributed by atoms with Gasteiger partial charge in [0.05, 0.1) is 30.3 Å². The molecule has 39 heavy (non-hydrogen) atoms. The molecule has 4 bridgehead atoms. The van der Waals surface area contributed by atoms with E-state index >= 15 is 0 Å². The highest BCUT2D eigenvalue weighted by atomic mass is 32.1. The number of rotatable bonds is 4. The normalized spacial score (nSPS) is 22.2. The average molecular weight is 547 g/mol. The highest BCUT2D eigenvalue weighted by molar-refractivity contribution is 7.09. The van der Waals surface area contributed by atoms with Crippen LogP contribution in [-0.4, -0.2) is 64.4 Å². The lowest BCUT2D eigenvalue weighted by atomic mass is 10.1. The summed E-state index contributed by atoms with van der Waals surface area (Å²) in [5.74, 6) is 1.36. The van der Waals surface area contributed by atoms with Crippen LogP contribution in [0.5, 0.6) is 11.5 Å². The molecule has 2 amide bonds. The Kier molecular flexibility index (Phi) is 7.63. The number of aryl methyl sites for hydroxylation is 1.